The molecule has 2 atom stereocenters. The summed E-state index contributed by atoms with van der Waals surface area (Å²) in [5.41, 5.74) is 2.37. The van der Waals surface area contributed by atoms with Crippen LogP contribution in [0.15, 0.2) is 36.4 Å². The fraction of sp³-hybridized carbons (Fsp3) is 0.316. The minimum Gasteiger partial charge on any atom is -0.507 e. The third-order valence-corrected chi connectivity index (χ3v) is 4.41. The predicted octanol–water partition coefficient (Wildman–Crippen LogP) is 1.93. The average molecular weight is 328 g/mol. The van der Waals surface area contributed by atoms with E-state index in [9.17, 15) is 25.2 Å². The molecule has 0 radical (unpaired) electrons. The van der Waals surface area contributed by atoms with Gasteiger partial charge < -0.3 is 20.4 Å². The van der Waals surface area contributed by atoms with Crippen molar-refractivity contribution in [1.82, 2.24) is 0 Å². The van der Waals surface area contributed by atoms with E-state index in [4.69, 9.17) is 0 Å². The van der Waals surface area contributed by atoms with E-state index in [1.165, 1.54) is 12.1 Å². The Bertz CT molecular complexity index is 768. The van der Waals surface area contributed by atoms with Crippen molar-refractivity contribution in [2.45, 2.75) is 37.9 Å². The van der Waals surface area contributed by atoms with Gasteiger partial charge in [-0.25, -0.2) is 0 Å². The number of carbonyl (C=O) groups excluding carboxylic acids is 1. The molecule has 0 heterocycles. The zero-order valence-electron chi connectivity index (χ0n) is 13.1. The number of phenolic OH excluding ortho intramolecular Hbond substituents is 2. The van der Waals surface area contributed by atoms with Crippen molar-refractivity contribution in [3.63, 3.8) is 0 Å². The minimum absolute atomic E-state index is 0.00226. The second-order valence-corrected chi connectivity index (χ2v) is 6.29. The van der Waals surface area contributed by atoms with Crippen LogP contribution < -0.4 is 0 Å². The number of rotatable bonds is 0. The van der Waals surface area contributed by atoms with Crippen LogP contribution in [0.5, 0.6) is 11.5 Å². The molecule has 4 bridgehead atoms. The standard InChI is InChI=1S/C19H20O5/c20-13-3-6-18(23)19(24)10-12-2-5-17(22)15(9-12)14-8-11(7-13)1-4-16(14)21/h1-2,4-5,8-9,13,19-22,24H,3,6-7,10H2/t13-,19+/m0/s1. The number of aliphatic hydroxyl groups is 2. The van der Waals surface area contributed by atoms with Gasteiger partial charge in [-0.05, 0) is 48.2 Å². The quantitative estimate of drug-likeness (QED) is 0.592. The van der Waals surface area contributed by atoms with Gasteiger partial charge in [-0.2, -0.15) is 0 Å². The molecule has 1 aliphatic carbocycles. The first-order chi connectivity index (χ1) is 11.4. The summed E-state index contributed by atoms with van der Waals surface area (Å²) >= 11 is 0. The fourth-order valence-electron chi connectivity index (χ4n) is 3.04. The number of fused-ring (bicyclic) bond motifs is 5. The van der Waals surface area contributed by atoms with Crippen molar-refractivity contribution in [1.29, 1.82) is 0 Å². The molecule has 0 saturated carbocycles. The number of ketones is 1. The molecule has 0 aromatic heterocycles. The van der Waals surface area contributed by atoms with Crippen molar-refractivity contribution in [2.75, 3.05) is 0 Å². The SMILES string of the molecule is O=C1CC[C@H](O)Cc2ccc(O)c(c2)-c2cc(ccc2O)C[C@H]1O. The van der Waals surface area contributed by atoms with Crippen molar-refractivity contribution < 1.29 is 25.2 Å². The Balaban J connectivity index is 2.12. The van der Waals surface area contributed by atoms with Crippen molar-refractivity contribution in [3.05, 3.63) is 47.5 Å². The maximum Gasteiger partial charge on any atom is 0.161 e. The molecule has 0 amide bonds. The Hall–Kier alpha value is -2.37. The molecule has 0 spiro atoms. The van der Waals surface area contributed by atoms with Gasteiger partial charge in [-0.3, -0.25) is 4.79 Å². The predicted molar refractivity (Wildman–Crippen MR) is 88.9 cm³/mol. The number of hydrogen-bond donors (Lipinski definition) is 4. The first-order valence-electron chi connectivity index (χ1n) is 7.97. The van der Waals surface area contributed by atoms with E-state index >= 15 is 0 Å². The normalized spacial score (nSPS) is 21.5. The van der Waals surface area contributed by atoms with E-state index in [1.807, 2.05) is 0 Å². The number of hydrogen-bond acceptors (Lipinski definition) is 5. The van der Waals surface area contributed by atoms with E-state index in [0.29, 0.717) is 23.1 Å². The zero-order chi connectivity index (χ0) is 17.3. The van der Waals surface area contributed by atoms with Gasteiger partial charge in [0.15, 0.2) is 5.78 Å². The van der Waals surface area contributed by atoms with Crippen LogP contribution in [0.4, 0.5) is 0 Å². The van der Waals surface area contributed by atoms with Crippen molar-refractivity contribution in [3.8, 4) is 22.6 Å². The number of aliphatic hydroxyl groups excluding tert-OH is 2. The monoisotopic (exact) mass is 328 g/mol. The van der Waals surface area contributed by atoms with Gasteiger partial charge in [-0.1, -0.05) is 12.1 Å². The highest BCUT2D eigenvalue weighted by atomic mass is 16.3. The minimum atomic E-state index is -1.15. The van der Waals surface area contributed by atoms with Crippen molar-refractivity contribution >= 4 is 5.78 Å². The Morgan fingerprint density at radius 1 is 0.833 bits per heavy atom. The molecule has 0 fully saturated rings. The van der Waals surface area contributed by atoms with E-state index in [1.54, 1.807) is 24.3 Å². The highest BCUT2D eigenvalue weighted by molar-refractivity contribution is 5.83. The molecule has 24 heavy (non-hydrogen) atoms. The van der Waals surface area contributed by atoms with Gasteiger partial charge in [0.05, 0.1) is 6.10 Å². The third-order valence-electron chi connectivity index (χ3n) is 4.41. The molecule has 126 valence electrons. The lowest BCUT2D eigenvalue weighted by Gasteiger charge is -2.13. The van der Waals surface area contributed by atoms with Crippen LogP contribution >= 0.6 is 0 Å². The molecule has 5 heteroatoms. The van der Waals surface area contributed by atoms with Crippen molar-refractivity contribution in [2.24, 2.45) is 0 Å². The molecule has 0 unspecified atom stereocenters. The fourth-order valence-corrected chi connectivity index (χ4v) is 3.04. The van der Waals surface area contributed by atoms with E-state index < -0.39 is 12.2 Å². The van der Waals surface area contributed by atoms with E-state index in [0.717, 1.165) is 5.56 Å². The summed E-state index contributed by atoms with van der Waals surface area (Å²) in [6.45, 7) is 0. The molecule has 5 nitrogen and oxygen atoms in total. The first-order valence-corrected chi connectivity index (χ1v) is 7.97. The summed E-state index contributed by atoms with van der Waals surface area (Å²) in [5.74, 6) is -0.285. The average Bonchev–Trinajstić information content (AvgIpc) is 2.56. The molecular weight excluding hydrogens is 308 g/mol. The lowest BCUT2D eigenvalue weighted by molar-refractivity contribution is -0.127. The number of phenols is 2. The lowest BCUT2D eigenvalue weighted by atomic mass is 9.96. The summed E-state index contributed by atoms with van der Waals surface area (Å²) < 4.78 is 0. The van der Waals surface area contributed by atoms with Crippen LogP contribution in [0.25, 0.3) is 11.1 Å². The molecule has 2 aromatic carbocycles. The van der Waals surface area contributed by atoms with Gasteiger partial charge in [-0.15, -0.1) is 0 Å². The van der Waals surface area contributed by atoms with E-state index in [2.05, 4.69) is 0 Å². The summed E-state index contributed by atoms with van der Waals surface area (Å²) in [5, 5.41) is 40.5. The Morgan fingerprint density at radius 2 is 1.38 bits per heavy atom. The molecule has 3 rings (SSSR count). The highest BCUT2D eigenvalue weighted by Gasteiger charge is 2.20. The Labute approximate surface area is 139 Å². The molecule has 0 aliphatic heterocycles. The van der Waals surface area contributed by atoms with Crippen LogP contribution in [0.2, 0.25) is 0 Å². The first kappa shape index (κ1) is 16.5. The van der Waals surface area contributed by atoms with Gasteiger partial charge in [0.25, 0.3) is 0 Å². The number of carbonyl (C=O) groups is 1. The van der Waals surface area contributed by atoms with Crippen LogP contribution in [-0.4, -0.2) is 38.4 Å². The van der Waals surface area contributed by atoms with Gasteiger partial charge >= 0.3 is 0 Å². The van der Waals surface area contributed by atoms with Crippen LogP contribution in [0.3, 0.4) is 0 Å². The molecule has 4 N–H and O–H groups in total. The van der Waals surface area contributed by atoms with Gasteiger partial charge in [0.1, 0.15) is 17.6 Å². The van der Waals surface area contributed by atoms with Crippen LogP contribution in [0, 0.1) is 0 Å². The Kier molecular flexibility index (Phi) is 4.55. The largest absolute Gasteiger partial charge is 0.507 e. The Morgan fingerprint density at radius 3 is 1.96 bits per heavy atom. The smallest absolute Gasteiger partial charge is 0.161 e. The molecule has 0 saturated heterocycles. The summed E-state index contributed by atoms with van der Waals surface area (Å²) in [6.07, 6.45) is -1.02. The third kappa shape index (κ3) is 3.42. The maximum absolute atomic E-state index is 12.0. The second-order valence-electron chi connectivity index (χ2n) is 6.29. The van der Waals surface area contributed by atoms with Crippen LogP contribution in [-0.2, 0) is 17.6 Å². The number of Topliss-reactive ketones (excluding diaryl/α,β-unsaturated/α-hetero) is 1. The number of aromatic hydroxyl groups is 2. The highest BCUT2D eigenvalue weighted by Crippen LogP contribution is 2.37. The number of benzene rings is 2. The van der Waals surface area contributed by atoms with Gasteiger partial charge in [0.2, 0.25) is 0 Å². The molecule has 1 aliphatic rings. The maximum atomic E-state index is 12.0. The molecule has 2 aromatic rings. The van der Waals surface area contributed by atoms with Crippen LogP contribution in [0.1, 0.15) is 24.0 Å². The lowest BCUT2D eigenvalue weighted by Crippen LogP contribution is -2.24. The summed E-state index contributed by atoms with van der Waals surface area (Å²) in [6, 6.07) is 9.77. The molecular formula is C19H20O5. The summed E-state index contributed by atoms with van der Waals surface area (Å²) in [4.78, 5) is 12.0. The topological polar surface area (TPSA) is 98.0 Å². The second kappa shape index (κ2) is 6.63. The summed E-state index contributed by atoms with van der Waals surface area (Å²) in [7, 11) is 0. The van der Waals surface area contributed by atoms with Gasteiger partial charge in [0, 0.05) is 24.0 Å². The zero-order valence-corrected chi connectivity index (χ0v) is 13.1. The van der Waals surface area contributed by atoms with E-state index in [-0.39, 0.29) is 36.5 Å².